The van der Waals surface area contributed by atoms with Crippen LogP contribution in [0.15, 0.2) is 54.6 Å². The number of hydrogen-bond donors (Lipinski definition) is 0. The standard InChI is InChI=1S/C18H17NO/c20-18-11-10-17-15-9-5-4-8-14(15)16(12-19(17)18)13-6-2-1-3-7-13/h1-9,16-17H,10-12H2/t16-,17-/m0/s1. The molecule has 4 rings (SSSR count). The van der Waals surface area contributed by atoms with E-state index in [1.165, 1.54) is 16.7 Å². The van der Waals surface area contributed by atoms with Gasteiger partial charge in [0, 0.05) is 18.9 Å². The second-order valence-electron chi connectivity index (χ2n) is 5.69. The summed E-state index contributed by atoms with van der Waals surface area (Å²) in [5.74, 6) is 0.621. The maximum atomic E-state index is 12.1. The van der Waals surface area contributed by atoms with E-state index in [1.54, 1.807) is 0 Å². The normalized spacial score (nSPS) is 24.4. The molecule has 100 valence electrons. The summed E-state index contributed by atoms with van der Waals surface area (Å²) in [6.07, 6.45) is 1.66. The molecule has 0 saturated carbocycles. The minimum Gasteiger partial charge on any atom is -0.335 e. The van der Waals surface area contributed by atoms with Crippen molar-refractivity contribution in [1.29, 1.82) is 0 Å². The summed E-state index contributed by atoms with van der Waals surface area (Å²) in [5.41, 5.74) is 4.05. The number of hydrogen-bond acceptors (Lipinski definition) is 1. The van der Waals surface area contributed by atoms with Crippen molar-refractivity contribution in [3.63, 3.8) is 0 Å². The quantitative estimate of drug-likeness (QED) is 0.771. The molecule has 2 aliphatic rings. The Morgan fingerprint density at radius 1 is 0.900 bits per heavy atom. The first-order valence-corrected chi connectivity index (χ1v) is 7.28. The summed E-state index contributed by atoms with van der Waals surface area (Å²) in [7, 11) is 0. The van der Waals surface area contributed by atoms with Crippen LogP contribution < -0.4 is 0 Å². The van der Waals surface area contributed by atoms with E-state index in [0.717, 1.165) is 13.0 Å². The summed E-state index contributed by atoms with van der Waals surface area (Å²) in [6.45, 7) is 0.824. The molecule has 1 fully saturated rings. The molecular formula is C18H17NO. The molecular weight excluding hydrogens is 246 g/mol. The van der Waals surface area contributed by atoms with Gasteiger partial charge in [-0.25, -0.2) is 0 Å². The van der Waals surface area contributed by atoms with Crippen molar-refractivity contribution in [3.05, 3.63) is 71.3 Å². The molecule has 2 aliphatic heterocycles. The molecule has 0 N–H and O–H groups in total. The molecule has 0 spiro atoms. The Bertz CT molecular complexity index is 649. The Morgan fingerprint density at radius 2 is 1.60 bits per heavy atom. The number of carbonyl (C=O) groups is 1. The summed E-state index contributed by atoms with van der Waals surface area (Å²) in [5, 5.41) is 0. The summed E-state index contributed by atoms with van der Waals surface area (Å²) in [6, 6.07) is 19.5. The zero-order valence-electron chi connectivity index (χ0n) is 11.3. The third-order valence-electron chi connectivity index (χ3n) is 4.64. The number of nitrogens with zero attached hydrogens (tertiary/aromatic N) is 1. The average Bonchev–Trinajstić information content (AvgIpc) is 2.89. The van der Waals surface area contributed by atoms with Gasteiger partial charge in [0.05, 0.1) is 6.04 Å². The van der Waals surface area contributed by atoms with E-state index in [-0.39, 0.29) is 0 Å². The maximum absolute atomic E-state index is 12.1. The van der Waals surface area contributed by atoms with Crippen molar-refractivity contribution in [2.45, 2.75) is 24.8 Å². The topological polar surface area (TPSA) is 20.3 Å². The van der Waals surface area contributed by atoms with E-state index in [9.17, 15) is 4.79 Å². The Hall–Kier alpha value is -2.09. The largest absolute Gasteiger partial charge is 0.335 e. The minimum atomic E-state index is 0.304. The first kappa shape index (κ1) is 11.7. The average molecular weight is 263 g/mol. The molecule has 0 aromatic heterocycles. The summed E-state index contributed by atoms with van der Waals surface area (Å²) < 4.78 is 0. The van der Waals surface area contributed by atoms with Crippen molar-refractivity contribution in [2.24, 2.45) is 0 Å². The Morgan fingerprint density at radius 3 is 2.40 bits per heavy atom. The highest BCUT2D eigenvalue weighted by Crippen LogP contribution is 2.44. The molecule has 2 heteroatoms. The number of amides is 1. The molecule has 1 saturated heterocycles. The van der Waals surface area contributed by atoms with Gasteiger partial charge in [-0.2, -0.15) is 0 Å². The van der Waals surface area contributed by atoms with Gasteiger partial charge >= 0.3 is 0 Å². The predicted octanol–water partition coefficient (Wildman–Crippen LogP) is 3.50. The zero-order chi connectivity index (χ0) is 13.5. The van der Waals surface area contributed by atoms with Gasteiger partial charge in [0.2, 0.25) is 5.91 Å². The lowest BCUT2D eigenvalue weighted by atomic mass is 9.82. The lowest BCUT2D eigenvalue weighted by Gasteiger charge is -2.37. The third kappa shape index (κ3) is 1.68. The molecule has 2 aromatic rings. The van der Waals surface area contributed by atoms with Crippen LogP contribution in [0.25, 0.3) is 0 Å². The molecule has 1 amide bonds. The highest BCUT2D eigenvalue weighted by Gasteiger charge is 2.39. The fraction of sp³-hybridized carbons (Fsp3) is 0.278. The molecule has 20 heavy (non-hydrogen) atoms. The highest BCUT2D eigenvalue weighted by molar-refractivity contribution is 5.80. The van der Waals surface area contributed by atoms with Gasteiger partial charge in [-0.05, 0) is 23.1 Å². The van der Waals surface area contributed by atoms with Gasteiger partial charge in [-0.15, -0.1) is 0 Å². The van der Waals surface area contributed by atoms with E-state index in [0.29, 0.717) is 24.3 Å². The molecule has 0 radical (unpaired) electrons. The van der Waals surface area contributed by atoms with Crippen LogP contribution in [0.3, 0.4) is 0 Å². The molecule has 0 unspecified atom stereocenters. The van der Waals surface area contributed by atoms with Crippen LogP contribution in [0.5, 0.6) is 0 Å². The molecule has 0 bridgehead atoms. The van der Waals surface area contributed by atoms with Crippen LogP contribution in [0.4, 0.5) is 0 Å². The minimum absolute atomic E-state index is 0.304. The van der Waals surface area contributed by atoms with Gasteiger partial charge in [-0.3, -0.25) is 4.79 Å². The van der Waals surface area contributed by atoms with Crippen LogP contribution in [-0.2, 0) is 4.79 Å². The van der Waals surface area contributed by atoms with E-state index < -0.39 is 0 Å². The van der Waals surface area contributed by atoms with Crippen molar-refractivity contribution < 1.29 is 4.79 Å². The van der Waals surface area contributed by atoms with E-state index in [1.807, 2.05) is 6.07 Å². The molecule has 2 nitrogen and oxygen atoms in total. The van der Waals surface area contributed by atoms with Gasteiger partial charge in [0.1, 0.15) is 0 Å². The molecule has 0 aliphatic carbocycles. The highest BCUT2D eigenvalue weighted by atomic mass is 16.2. The number of carbonyl (C=O) groups excluding carboxylic acids is 1. The van der Waals surface area contributed by atoms with Crippen molar-refractivity contribution in [3.8, 4) is 0 Å². The smallest absolute Gasteiger partial charge is 0.223 e. The van der Waals surface area contributed by atoms with Crippen LogP contribution >= 0.6 is 0 Å². The second-order valence-corrected chi connectivity index (χ2v) is 5.69. The number of rotatable bonds is 1. The first-order chi connectivity index (χ1) is 9.84. The molecule has 2 atom stereocenters. The van der Waals surface area contributed by atoms with E-state index in [2.05, 4.69) is 53.4 Å². The first-order valence-electron chi connectivity index (χ1n) is 7.28. The Balaban J connectivity index is 1.85. The number of benzene rings is 2. The lowest BCUT2D eigenvalue weighted by Crippen LogP contribution is -2.37. The van der Waals surface area contributed by atoms with Gasteiger partial charge in [-0.1, -0.05) is 54.6 Å². The Labute approximate surface area is 119 Å². The molecule has 2 aromatic carbocycles. The lowest BCUT2D eigenvalue weighted by molar-refractivity contribution is -0.129. The van der Waals surface area contributed by atoms with Crippen LogP contribution in [-0.4, -0.2) is 17.4 Å². The summed E-state index contributed by atoms with van der Waals surface area (Å²) >= 11 is 0. The van der Waals surface area contributed by atoms with Crippen LogP contribution in [0, 0.1) is 0 Å². The van der Waals surface area contributed by atoms with Crippen molar-refractivity contribution >= 4 is 5.91 Å². The monoisotopic (exact) mass is 263 g/mol. The Kier molecular flexibility index (Phi) is 2.62. The van der Waals surface area contributed by atoms with Gasteiger partial charge in [0.25, 0.3) is 0 Å². The summed E-state index contributed by atoms with van der Waals surface area (Å²) in [4.78, 5) is 14.2. The maximum Gasteiger partial charge on any atom is 0.223 e. The molecule has 2 heterocycles. The SMILES string of the molecule is O=C1CC[C@H]2c3ccccc3[C@H](c3ccccc3)CN12. The number of fused-ring (bicyclic) bond motifs is 3. The third-order valence-corrected chi connectivity index (χ3v) is 4.64. The van der Waals surface area contributed by atoms with E-state index >= 15 is 0 Å². The van der Waals surface area contributed by atoms with Crippen LogP contribution in [0.2, 0.25) is 0 Å². The predicted molar refractivity (Wildman–Crippen MR) is 78.4 cm³/mol. The van der Waals surface area contributed by atoms with Gasteiger partial charge < -0.3 is 4.90 Å². The fourth-order valence-corrected chi connectivity index (χ4v) is 3.68. The van der Waals surface area contributed by atoms with E-state index in [4.69, 9.17) is 0 Å². The zero-order valence-corrected chi connectivity index (χ0v) is 11.3. The van der Waals surface area contributed by atoms with Crippen LogP contribution in [0.1, 0.15) is 41.5 Å². The fourth-order valence-electron chi connectivity index (χ4n) is 3.68. The van der Waals surface area contributed by atoms with Crippen molar-refractivity contribution in [1.82, 2.24) is 4.90 Å². The van der Waals surface area contributed by atoms with Crippen molar-refractivity contribution in [2.75, 3.05) is 6.54 Å². The second kappa shape index (κ2) is 4.48. The van der Waals surface area contributed by atoms with Gasteiger partial charge in [0.15, 0.2) is 0 Å².